The molecule has 1 amide bonds. The molecule has 1 unspecified atom stereocenters. The lowest BCUT2D eigenvalue weighted by molar-refractivity contribution is -0.141. The van der Waals surface area contributed by atoms with Gasteiger partial charge in [0.25, 0.3) is 5.91 Å². The van der Waals surface area contributed by atoms with E-state index in [-0.39, 0.29) is 11.3 Å². The van der Waals surface area contributed by atoms with E-state index in [2.05, 4.69) is 15.3 Å². The van der Waals surface area contributed by atoms with Crippen LogP contribution < -0.4 is 5.32 Å². The van der Waals surface area contributed by atoms with Crippen LogP contribution in [0.1, 0.15) is 44.6 Å². The number of pyridine rings is 2. The lowest BCUT2D eigenvalue weighted by Gasteiger charge is -2.20. The van der Waals surface area contributed by atoms with E-state index in [1.54, 1.807) is 24.4 Å². The van der Waals surface area contributed by atoms with Gasteiger partial charge in [0.05, 0.1) is 23.0 Å². The fourth-order valence-electron chi connectivity index (χ4n) is 2.80. The minimum Gasteiger partial charge on any atom is -0.339 e. The molecule has 0 saturated carbocycles. The zero-order valence-electron chi connectivity index (χ0n) is 15.3. The summed E-state index contributed by atoms with van der Waals surface area (Å²) in [5.41, 5.74) is 1.57. The lowest BCUT2D eigenvalue weighted by Crippen LogP contribution is -2.30. The summed E-state index contributed by atoms with van der Waals surface area (Å²) in [6.07, 6.45) is -2.94. The maximum atomic E-state index is 12.8. The highest BCUT2D eigenvalue weighted by Gasteiger charge is 2.33. The Morgan fingerprint density at radius 3 is 2.29 bits per heavy atom. The summed E-state index contributed by atoms with van der Waals surface area (Å²) in [4.78, 5) is 20.6. The smallest absolute Gasteiger partial charge is 0.339 e. The van der Waals surface area contributed by atoms with Gasteiger partial charge < -0.3 is 5.32 Å². The third-order valence-electron chi connectivity index (χ3n) is 4.29. The molecule has 3 aromatic rings. The van der Waals surface area contributed by atoms with Crippen LogP contribution in [0.25, 0.3) is 0 Å². The minimum atomic E-state index is -4.56. The molecule has 0 radical (unpaired) electrons. The largest absolute Gasteiger partial charge is 0.433 e. The normalized spacial score (nSPS) is 12.5. The van der Waals surface area contributed by atoms with Crippen molar-refractivity contribution in [1.82, 2.24) is 15.3 Å². The first-order chi connectivity index (χ1) is 13.3. The molecule has 1 aromatic carbocycles. The number of nitrogens with one attached hydrogen (secondary N) is 1. The van der Waals surface area contributed by atoms with Gasteiger partial charge in [-0.25, -0.2) is 4.98 Å². The van der Waals surface area contributed by atoms with E-state index in [1.165, 1.54) is 6.92 Å². The van der Waals surface area contributed by atoms with Crippen LogP contribution in [0.5, 0.6) is 0 Å². The summed E-state index contributed by atoms with van der Waals surface area (Å²) in [5.74, 6) is -0.519. The van der Waals surface area contributed by atoms with Crippen molar-refractivity contribution in [3.63, 3.8) is 0 Å². The van der Waals surface area contributed by atoms with Crippen LogP contribution in [0.2, 0.25) is 0 Å². The average molecular weight is 385 g/mol. The van der Waals surface area contributed by atoms with Crippen molar-refractivity contribution in [3.05, 3.63) is 94.6 Å². The molecule has 0 aliphatic heterocycles. The second-order valence-electron chi connectivity index (χ2n) is 6.40. The number of benzene rings is 1. The maximum Gasteiger partial charge on any atom is 0.433 e. The lowest BCUT2D eigenvalue weighted by atomic mass is 10.0. The van der Waals surface area contributed by atoms with E-state index in [0.29, 0.717) is 5.69 Å². The van der Waals surface area contributed by atoms with Crippen molar-refractivity contribution in [3.8, 4) is 0 Å². The Hall–Kier alpha value is -3.22. The number of hydrogen-bond donors (Lipinski definition) is 1. The van der Waals surface area contributed by atoms with E-state index in [9.17, 15) is 18.0 Å². The van der Waals surface area contributed by atoms with Crippen molar-refractivity contribution >= 4 is 5.91 Å². The number of hydrogen-bond acceptors (Lipinski definition) is 3. The predicted octanol–water partition coefficient (Wildman–Crippen LogP) is 4.63. The Morgan fingerprint density at radius 1 is 1.00 bits per heavy atom. The van der Waals surface area contributed by atoms with Crippen LogP contribution in [-0.4, -0.2) is 15.9 Å². The third-order valence-corrected chi connectivity index (χ3v) is 4.29. The predicted molar refractivity (Wildman–Crippen MR) is 98.7 cm³/mol. The van der Waals surface area contributed by atoms with Gasteiger partial charge >= 0.3 is 6.18 Å². The second kappa shape index (κ2) is 7.80. The van der Waals surface area contributed by atoms with Crippen LogP contribution in [-0.2, 0) is 6.18 Å². The standard InChI is InChI=1S/C21H18F3N3O/c1-13-6-8-15(9-7-13)19(17-5-3-4-12-25-17)27-20(28)16-10-11-18(21(22,23)24)26-14(16)2/h3-12,19H,1-2H3,(H,27,28). The van der Waals surface area contributed by atoms with Crippen LogP contribution in [0.4, 0.5) is 13.2 Å². The van der Waals surface area contributed by atoms with E-state index < -0.39 is 23.8 Å². The minimum absolute atomic E-state index is 0.0102. The first-order valence-electron chi connectivity index (χ1n) is 8.59. The number of aryl methyl sites for hydroxylation is 2. The van der Waals surface area contributed by atoms with Gasteiger partial charge in [-0.05, 0) is 43.7 Å². The molecule has 2 aromatic heterocycles. The monoisotopic (exact) mass is 385 g/mol. The zero-order valence-corrected chi connectivity index (χ0v) is 15.3. The molecular formula is C21H18F3N3O. The molecule has 0 spiro atoms. The Morgan fingerprint density at radius 2 is 1.71 bits per heavy atom. The van der Waals surface area contributed by atoms with Gasteiger partial charge in [0.1, 0.15) is 5.69 Å². The fourth-order valence-corrected chi connectivity index (χ4v) is 2.80. The molecule has 0 bridgehead atoms. The number of rotatable bonds is 4. The maximum absolute atomic E-state index is 12.8. The van der Waals surface area contributed by atoms with Crippen LogP contribution >= 0.6 is 0 Å². The number of carbonyl (C=O) groups is 1. The van der Waals surface area contributed by atoms with Crippen LogP contribution in [0, 0.1) is 13.8 Å². The van der Waals surface area contributed by atoms with Crippen LogP contribution in [0.15, 0.2) is 60.8 Å². The molecule has 0 fully saturated rings. The molecule has 144 valence electrons. The number of carbonyl (C=O) groups excluding carboxylic acids is 1. The topological polar surface area (TPSA) is 54.9 Å². The quantitative estimate of drug-likeness (QED) is 0.712. The number of amides is 1. The van der Waals surface area contributed by atoms with E-state index in [1.807, 2.05) is 31.2 Å². The first-order valence-corrected chi connectivity index (χ1v) is 8.59. The van der Waals surface area contributed by atoms with E-state index in [4.69, 9.17) is 0 Å². The molecular weight excluding hydrogens is 367 g/mol. The molecule has 3 rings (SSSR count). The highest BCUT2D eigenvalue weighted by Crippen LogP contribution is 2.28. The van der Waals surface area contributed by atoms with Gasteiger partial charge in [-0.15, -0.1) is 0 Å². The van der Waals surface area contributed by atoms with Crippen molar-refractivity contribution in [2.75, 3.05) is 0 Å². The summed E-state index contributed by atoms with van der Waals surface area (Å²) >= 11 is 0. The number of aromatic nitrogens is 2. The summed E-state index contributed by atoms with van der Waals surface area (Å²) in [6, 6.07) is 14.4. The molecule has 4 nitrogen and oxygen atoms in total. The molecule has 1 N–H and O–H groups in total. The number of nitrogens with zero attached hydrogens (tertiary/aromatic N) is 2. The zero-order chi connectivity index (χ0) is 20.3. The van der Waals surface area contributed by atoms with Crippen molar-refractivity contribution in [2.24, 2.45) is 0 Å². The third kappa shape index (κ3) is 4.36. The molecule has 0 saturated heterocycles. The van der Waals surface area contributed by atoms with Crippen molar-refractivity contribution in [1.29, 1.82) is 0 Å². The van der Waals surface area contributed by atoms with E-state index in [0.717, 1.165) is 23.3 Å². The summed E-state index contributed by atoms with van der Waals surface area (Å²) in [7, 11) is 0. The van der Waals surface area contributed by atoms with Crippen molar-refractivity contribution in [2.45, 2.75) is 26.1 Å². The second-order valence-corrected chi connectivity index (χ2v) is 6.40. The Kier molecular flexibility index (Phi) is 5.44. The summed E-state index contributed by atoms with van der Waals surface area (Å²) in [6.45, 7) is 3.33. The Bertz CT molecular complexity index is 970. The van der Waals surface area contributed by atoms with Gasteiger partial charge in [0, 0.05) is 6.20 Å². The first kappa shape index (κ1) is 19.5. The molecule has 2 heterocycles. The van der Waals surface area contributed by atoms with Gasteiger partial charge in [-0.1, -0.05) is 35.9 Å². The van der Waals surface area contributed by atoms with Crippen molar-refractivity contribution < 1.29 is 18.0 Å². The SMILES string of the molecule is Cc1ccc(C(NC(=O)c2ccc(C(F)(F)F)nc2C)c2ccccn2)cc1. The number of alkyl halides is 3. The van der Waals surface area contributed by atoms with Gasteiger partial charge in [0.15, 0.2) is 0 Å². The summed E-state index contributed by atoms with van der Waals surface area (Å²) in [5, 5.41) is 2.86. The molecule has 28 heavy (non-hydrogen) atoms. The highest BCUT2D eigenvalue weighted by molar-refractivity contribution is 5.95. The molecule has 0 aliphatic rings. The van der Waals surface area contributed by atoms with Gasteiger partial charge in [0.2, 0.25) is 0 Å². The average Bonchev–Trinajstić information content (AvgIpc) is 2.66. The van der Waals surface area contributed by atoms with E-state index >= 15 is 0 Å². The Labute approximate surface area is 160 Å². The summed E-state index contributed by atoms with van der Waals surface area (Å²) < 4.78 is 38.4. The molecule has 7 heteroatoms. The molecule has 0 aliphatic carbocycles. The number of halogens is 3. The Balaban J connectivity index is 1.93. The highest BCUT2D eigenvalue weighted by atomic mass is 19.4. The van der Waals surface area contributed by atoms with Gasteiger partial charge in [-0.2, -0.15) is 13.2 Å². The van der Waals surface area contributed by atoms with Crippen LogP contribution in [0.3, 0.4) is 0 Å². The van der Waals surface area contributed by atoms with Gasteiger partial charge in [-0.3, -0.25) is 9.78 Å². The molecule has 1 atom stereocenters. The fraction of sp³-hybridized carbons (Fsp3) is 0.190.